The molecule has 1 aromatic carbocycles. The summed E-state index contributed by atoms with van der Waals surface area (Å²) in [6.07, 6.45) is 0. The molecule has 0 amide bonds. The lowest BCUT2D eigenvalue weighted by Gasteiger charge is -2.09. The minimum atomic E-state index is -0.443. The van der Waals surface area contributed by atoms with Crippen molar-refractivity contribution in [2.45, 2.75) is 27.3 Å². The topological polar surface area (TPSA) is 66.2 Å². The molecule has 0 saturated heterocycles. The molecule has 1 aromatic heterocycles. The number of carbonyl (C=O) groups excluding carboxylic acids is 1. The summed E-state index contributed by atoms with van der Waals surface area (Å²) < 4.78 is 12.3. The smallest absolute Gasteiger partial charge is 0.360 e. The zero-order valence-electron chi connectivity index (χ0n) is 12.5. The van der Waals surface area contributed by atoms with E-state index in [9.17, 15) is 4.79 Å². The van der Waals surface area contributed by atoms with Gasteiger partial charge in [-0.05, 0) is 32.4 Å². The molecule has 0 aliphatic heterocycles. The first-order chi connectivity index (χ1) is 10.1. The third kappa shape index (κ3) is 3.59. The highest BCUT2D eigenvalue weighted by molar-refractivity contribution is 5.88. The van der Waals surface area contributed by atoms with E-state index >= 15 is 0 Å². The molecule has 0 aliphatic carbocycles. The number of hydrogen-bond acceptors (Lipinski definition) is 5. The van der Waals surface area contributed by atoms with Crippen molar-refractivity contribution >= 4 is 5.97 Å². The van der Waals surface area contributed by atoms with Gasteiger partial charge in [0.2, 0.25) is 0 Å². The summed E-state index contributed by atoms with van der Waals surface area (Å²) in [6, 6.07) is 7.82. The molecule has 0 saturated carbocycles. The van der Waals surface area contributed by atoms with E-state index in [0.29, 0.717) is 25.5 Å². The molecule has 2 rings (SSSR count). The molecule has 0 fully saturated rings. The van der Waals surface area contributed by atoms with E-state index in [-0.39, 0.29) is 5.69 Å². The SMILES string of the molecule is CCOC(=O)c1nnn(CCOc2ccccc2C)c1C. The fraction of sp³-hybridized carbons (Fsp3) is 0.400. The van der Waals surface area contributed by atoms with Gasteiger partial charge in [-0.3, -0.25) is 0 Å². The first kappa shape index (κ1) is 15.0. The van der Waals surface area contributed by atoms with Gasteiger partial charge < -0.3 is 9.47 Å². The van der Waals surface area contributed by atoms with Crippen molar-refractivity contribution in [2.75, 3.05) is 13.2 Å². The molecular weight excluding hydrogens is 270 g/mol. The van der Waals surface area contributed by atoms with Crippen LogP contribution >= 0.6 is 0 Å². The van der Waals surface area contributed by atoms with Crippen molar-refractivity contribution in [1.29, 1.82) is 0 Å². The van der Waals surface area contributed by atoms with E-state index in [2.05, 4.69) is 10.3 Å². The summed E-state index contributed by atoms with van der Waals surface area (Å²) in [7, 11) is 0. The molecule has 2 aromatic rings. The lowest BCUT2D eigenvalue weighted by Crippen LogP contribution is -2.12. The highest BCUT2D eigenvalue weighted by Gasteiger charge is 2.17. The van der Waals surface area contributed by atoms with E-state index in [1.54, 1.807) is 18.5 Å². The first-order valence-corrected chi connectivity index (χ1v) is 6.89. The Labute approximate surface area is 123 Å². The van der Waals surface area contributed by atoms with Crippen LogP contribution < -0.4 is 4.74 Å². The maximum absolute atomic E-state index is 11.6. The standard InChI is InChI=1S/C15H19N3O3/c1-4-20-15(19)14-12(3)18(17-16-14)9-10-21-13-8-6-5-7-11(13)2/h5-8H,4,9-10H2,1-3H3. The van der Waals surface area contributed by atoms with Crippen molar-refractivity contribution in [3.05, 3.63) is 41.2 Å². The average molecular weight is 289 g/mol. The number of nitrogens with zero attached hydrogens (tertiary/aromatic N) is 3. The third-order valence-corrected chi connectivity index (χ3v) is 3.11. The van der Waals surface area contributed by atoms with Crippen LogP contribution in [-0.4, -0.2) is 34.2 Å². The van der Waals surface area contributed by atoms with E-state index < -0.39 is 5.97 Å². The summed E-state index contributed by atoms with van der Waals surface area (Å²) in [4.78, 5) is 11.6. The molecule has 1 heterocycles. The average Bonchev–Trinajstić information content (AvgIpc) is 2.83. The van der Waals surface area contributed by atoms with E-state index in [4.69, 9.17) is 9.47 Å². The molecule has 0 spiro atoms. The summed E-state index contributed by atoms with van der Waals surface area (Å²) in [5.74, 6) is 0.405. The number of aryl methyl sites for hydroxylation is 1. The van der Waals surface area contributed by atoms with Gasteiger partial charge in [0.15, 0.2) is 5.69 Å². The van der Waals surface area contributed by atoms with E-state index in [0.717, 1.165) is 11.3 Å². The summed E-state index contributed by atoms with van der Waals surface area (Å²) >= 11 is 0. The largest absolute Gasteiger partial charge is 0.491 e. The Morgan fingerprint density at radius 3 is 2.76 bits per heavy atom. The van der Waals surface area contributed by atoms with Gasteiger partial charge in [-0.25, -0.2) is 9.48 Å². The zero-order valence-corrected chi connectivity index (χ0v) is 12.5. The van der Waals surface area contributed by atoms with Crippen LogP contribution in [0.1, 0.15) is 28.7 Å². The Morgan fingerprint density at radius 1 is 1.29 bits per heavy atom. The van der Waals surface area contributed by atoms with Crippen LogP contribution in [-0.2, 0) is 11.3 Å². The number of rotatable bonds is 6. The van der Waals surface area contributed by atoms with Crippen molar-refractivity contribution in [3.63, 3.8) is 0 Å². The van der Waals surface area contributed by atoms with Crippen LogP contribution in [0.5, 0.6) is 5.75 Å². The molecule has 0 N–H and O–H groups in total. The second-order valence-electron chi connectivity index (χ2n) is 4.58. The van der Waals surface area contributed by atoms with Gasteiger partial charge in [0.25, 0.3) is 0 Å². The monoisotopic (exact) mass is 289 g/mol. The summed E-state index contributed by atoms with van der Waals surface area (Å²) in [6.45, 7) is 6.84. The molecule has 6 nitrogen and oxygen atoms in total. The molecule has 0 bridgehead atoms. The van der Waals surface area contributed by atoms with Crippen LogP contribution in [0.2, 0.25) is 0 Å². The van der Waals surface area contributed by atoms with E-state index in [1.807, 2.05) is 31.2 Å². The second-order valence-corrected chi connectivity index (χ2v) is 4.58. The highest BCUT2D eigenvalue weighted by Crippen LogP contribution is 2.16. The van der Waals surface area contributed by atoms with Gasteiger partial charge in [-0.15, -0.1) is 5.10 Å². The predicted molar refractivity (Wildman–Crippen MR) is 77.4 cm³/mol. The highest BCUT2D eigenvalue weighted by atomic mass is 16.5. The Kier molecular flexibility index (Phi) is 4.92. The maximum Gasteiger partial charge on any atom is 0.360 e. The predicted octanol–water partition coefficient (Wildman–Crippen LogP) is 2.15. The quantitative estimate of drug-likeness (QED) is 0.762. The third-order valence-electron chi connectivity index (χ3n) is 3.11. The normalized spacial score (nSPS) is 10.4. The van der Waals surface area contributed by atoms with Crippen LogP contribution in [0.15, 0.2) is 24.3 Å². The van der Waals surface area contributed by atoms with Gasteiger partial charge in [-0.2, -0.15) is 0 Å². The molecular formula is C15H19N3O3. The summed E-state index contributed by atoms with van der Waals surface area (Å²) in [5.41, 5.74) is 2.02. The fourth-order valence-corrected chi connectivity index (χ4v) is 1.92. The van der Waals surface area contributed by atoms with Gasteiger partial charge in [0, 0.05) is 0 Å². The molecule has 0 unspecified atom stereocenters. The number of ether oxygens (including phenoxy) is 2. The Bertz CT molecular complexity index is 622. The van der Waals surface area contributed by atoms with Crippen molar-refractivity contribution in [3.8, 4) is 5.75 Å². The van der Waals surface area contributed by atoms with Crippen LogP contribution in [0.3, 0.4) is 0 Å². The Balaban J connectivity index is 1.95. The molecule has 0 radical (unpaired) electrons. The van der Waals surface area contributed by atoms with Gasteiger partial charge in [0.1, 0.15) is 12.4 Å². The summed E-state index contributed by atoms with van der Waals surface area (Å²) in [5, 5.41) is 7.82. The Morgan fingerprint density at radius 2 is 2.05 bits per heavy atom. The van der Waals surface area contributed by atoms with Crippen LogP contribution in [0.4, 0.5) is 0 Å². The number of hydrogen-bond donors (Lipinski definition) is 0. The van der Waals surface area contributed by atoms with Crippen LogP contribution in [0.25, 0.3) is 0 Å². The molecule has 6 heteroatoms. The minimum Gasteiger partial charge on any atom is -0.491 e. The molecule has 0 aliphatic rings. The van der Waals surface area contributed by atoms with E-state index in [1.165, 1.54) is 0 Å². The number of benzene rings is 1. The second kappa shape index (κ2) is 6.88. The van der Waals surface area contributed by atoms with Gasteiger partial charge >= 0.3 is 5.97 Å². The zero-order chi connectivity index (χ0) is 15.2. The first-order valence-electron chi connectivity index (χ1n) is 6.89. The lowest BCUT2D eigenvalue weighted by atomic mass is 10.2. The van der Waals surface area contributed by atoms with Crippen LogP contribution in [0, 0.1) is 13.8 Å². The van der Waals surface area contributed by atoms with Crippen molar-refractivity contribution in [2.24, 2.45) is 0 Å². The molecule has 112 valence electrons. The van der Waals surface area contributed by atoms with Crippen molar-refractivity contribution in [1.82, 2.24) is 15.0 Å². The van der Waals surface area contributed by atoms with Gasteiger partial charge in [0.05, 0.1) is 18.8 Å². The maximum atomic E-state index is 11.6. The number of aromatic nitrogens is 3. The number of para-hydroxylation sites is 1. The fourth-order valence-electron chi connectivity index (χ4n) is 1.92. The number of carbonyl (C=O) groups is 1. The number of esters is 1. The van der Waals surface area contributed by atoms with Crippen molar-refractivity contribution < 1.29 is 14.3 Å². The minimum absolute atomic E-state index is 0.257. The lowest BCUT2D eigenvalue weighted by molar-refractivity contribution is 0.0518. The molecule has 0 atom stereocenters. The Hall–Kier alpha value is -2.37. The molecule has 21 heavy (non-hydrogen) atoms. The van der Waals surface area contributed by atoms with Gasteiger partial charge in [-0.1, -0.05) is 23.4 Å².